The number of guanidine groups is 1. The van der Waals surface area contributed by atoms with Crippen LogP contribution in [0.25, 0.3) is 0 Å². The number of aliphatic imine (C=N–C) groups is 1. The van der Waals surface area contributed by atoms with Gasteiger partial charge in [-0.25, -0.2) is 0 Å². The first-order valence-electron chi connectivity index (χ1n) is 7.10. The Morgan fingerprint density at radius 2 is 1.82 bits per heavy atom. The molecule has 1 aromatic carbocycles. The Hall–Kier alpha value is -2.76. The summed E-state index contributed by atoms with van der Waals surface area (Å²) >= 11 is 0. The van der Waals surface area contributed by atoms with Crippen LogP contribution in [0.5, 0.6) is 0 Å². The van der Waals surface area contributed by atoms with Crippen LogP contribution in [0.1, 0.15) is 16.1 Å². The molecule has 22 heavy (non-hydrogen) atoms. The molecular formula is C16H20N4O2. The van der Waals surface area contributed by atoms with Crippen molar-refractivity contribution in [1.29, 1.82) is 0 Å². The van der Waals surface area contributed by atoms with Crippen molar-refractivity contribution in [3.63, 3.8) is 0 Å². The van der Waals surface area contributed by atoms with Gasteiger partial charge in [0, 0.05) is 26.7 Å². The number of nitrogens with one attached hydrogen (secondary N) is 3. The highest BCUT2D eigenvalue weighted by molar-refractivity contribution is 5.91. The summed E-state index contributed by atoms with van der Waals surface area (Å²) in [4.78, 5) is 15.8. The van der Waals surface area contributed by atoms with Gasteiger partial charge < -0.3 is 20.4 Å². The van der Waals surface area contributed by atoms with Gasteiger partial charge in [0.25, 0.3) is 5.91 Å². The first-order chi connectivity index (χ1) is 10.8. The molecule has 1 heterocycles. The Kier molecular flexibility index (Phi) is 6.04. The summed E-state index contributed by atoms with van der Waals surface area (Å²) in [5.41, 5.74) is 1.18. The molecule has 0 unspecified atom stereocenters. The zero-order valence-corrected chi connectivity index (χ0v) is 12.5. The van der Waals surface area contributed by atoms with Crippen molar-refractivity contribution in [1.82, 2.24) is 16.0 Å². The van der Waals surface area contributed by atoms with Crippen LogP contribution in [-0.4, -0.2) is 32.0 Å². The third-order valence-corrected chi connectivity index (χ3v) is 2.97. The number of rotatable bonds is 6. The van der Waals surface area contributed by atoms with Crippen molar-refractivity contribution in [3.05, 3.63) is 60.1 Å². The SMILES string of the molecule is CN=C(NCCNC(=O)c1ccco1)NCc1ccccc1. The van der Waals surface area contributed by atoms with E-state index in [1.54, 1.807) is 19.2 Å². The predicted molar refractivity (Wildman–Crippen MR) is 85.7 cm³/mol. The van der Waals surface area contributed by atoms with E-state index in [0.717, 1.165) is 0 Å². The number of benzene rings is 1. The van der Waals surface area contributed by atoms with Crippen LogP contribution < -0.4 is 16.0 Å². The van der Waals surface area contributed by atoms with E-state index in [0.29, 0.717) is 31.4 Å². The fourth-order valence-electron chi connectivity index (χ4n) is 1.85. The van der Waals surface area contributed by atoms with Crippen LogP contribution in [0.2, 0.25) is 0 Å². The molecule has 6 heteroatoms. The third-order valence-electron chi connectivity index (χ3n) is 2.97. The standard InChI is InChI=1S/C16H20N4O2/c1-17-16(20-12-13-6-3-2-4-7-13)19-10-9-18-15(21)14-8-5-11-22-14/h2-8,11H,9-10,12H2,1H3,(H,18,21)(H2,17,19,20). The van der Waals surface area contributed by atoms with Gasteiger partial charge in [-0.2, -0.15) is 0 Å². The molecule has 0 radical (unpaired) electrons. The Labute approximate surface area is 129 Å². The van der Waals surface area contributed by atoms with E-state index in [1.807, 2.05) is 30.3 Å². The van der Waals surface area contributed by atoms with Crippen molar-refractivity contribution in [2.75, 3.05) is 20.1 Å². The second-order valence-electron chi connectivity index (χ2n) is 4.57. The Balaban J connectivity index is 1.65. The normalized spacial score (nSPS) is 11.0. The van der Waals surface area contributed by atoms with Crippen molar-refractivity contribution >= 4 is 11.9 Å². The Morgan fingerprint density at radius 3 is 2.50 bits per heavy atom. The summed E-state index contributed by atoms with van der Waals surface area (Å²) < 4.78 is 5.01. The molecule has 116 valence electrons. The van der Waals surface area contributed by atoms with Crippen LogP contribution >= 0.6 is 0 Å². The molecular weight excluding hydrogens is 280 g/mol. The van der Waals surface area contributed by atoms with E-state index in [4.69, 9.17) is 4.42 Å². The van der Waals surface area contributed by atoms with Crippen LogP contribution in [-0.2, 0) is 6.54 Å². The minimum absolute atomic E-state index is 0.223. The average molecular weight is 300 g/mol. The molecule has 6 nitrogen and oxygen atoms in total. The van der Waals surface area contributed by atoms with Gasteiger partial charge in [0.1, 0.15) is 0 Å². The molecule has 1 aromatic heterocycles. The molecule has 0 bridgehead atoms. The first kappa shape index (κ1) is 15.6. The lowest BCUT2D eigenvalue weighted by atomic mass is 10.2. The lowest BCUT2D eigenvalue weighted by Crippen LogP contribution is -2.41. The van der Waals surface area contributed by atoms with Gasteiger partial charge >= 0.3 is 0 Å². The fourth-order valence-corrected chi connectivity index (χ4v) is 1.85. The number of carbonyl (C=O) groups excluding carboxylic acids is 1. The zero-order chi connectivity index (χ0) is 15.6. The Bertz CT molecular complexity index is 594. The molecule has 0 aliphatic carbocycles. The van der Waals surface area contributed by atoms with Gasteiger partial charge in [0.05, 0.1) is 6.26 Å². The van der Waals surface area contributed by atoms with E-state index >= 15 is 0 Å². The second-order valence-corrected chi connectivity index (χ2v) is 4.57. The first-order valence-corrected chi connectivity index (χ1v) is 7.10. The highest BCUT2D eigenvalue weighted by Gasteiger charge is 2.06. The van der Waals surface area contributed by atoms with Crippen molar-refractivity contribution in [2.24, 2.45) is 4.99 Å². The minimum atomic E-state index is -0.223. The van der Waals surface area contributed by atoms with E-state index < -0.39 is 0 Å². The topological polar surface area (TPSA) is 78.7 Å². The Morgan fingerprint density at radius 1 is 1.05 bits per heavy atom. The van der Waals surface area contributed by atoms with E-state index in [9.17, 15) is 4.79 Å². The molecule has 2 rings (SSSR count). The van der Waals surface area contributed by atoms with Gasteiger partial charge in [-0.15, -0.1) is 0 Å². The number of furan rings is 1. The average Bonchev–Trinajstić information content (AvgIpc) is 3.09. The molecule has 0 spiro atoms. The van der Waals surface area contributed by atoms with Gasteiger partial charge in [0.15, 0.2) is 11.7 Å². The van der Waals surface area contributed by atoms with Gasteiger partial charge in [-0.3, -0.25) is 9.79 Å². The monoisotopic (exact) mass is 300 g/mol. The zero-order valence-electron chi connectivity index (χ0n) is 12.5. The summed E-state index contributed by atoms with van der Waals surface area (Å²) in [6, 6.07) is 13.4. The number of hydrogen-bond donors (Lipinski definition) is 3. The maximum atomic E-state index is 11.7. The maximum Gasteiger partial charge on any atom is 0.287 e. The highest BCUT2D eigenvalue weighted by atomic mass is 16.3. The van der Waals surface area contributed by atoms with E-state index in [2.05, 4.69) is 20.9 Å². The summed E-state index contributed by atoms with van der Waals surface area (Å²) in [6.45, 7) is 1.74. The predicted octanol–water partition coefficient (Wildman–Crippen LogP) is 1.37. The molecule has 0 atom stereocenters. The van der Waals surface area contributed by atoms with Crippen LogP contribution in [0.3, 0.4) is 0 Å². The largest absolute Gasteiger partial charge is 0.459 e. The minimum Gasteiger partial charge on any atom is -0.459 e. The van der Waals surface area contributed by atoms with Gasteiger partial charge in [-0.05, 0) is 17.7 Å². The molecule has 0 saturated carbocycles. The lowest BCUT2D eigenvalue weighted by Gasteiger charge is -2.12. The smallest absolute Gasteiger partial charge is 0.287 e. The van der Waals surface area contributed by atoms with Crippen LogP contribution in [0.4, 0.5) is 0 Å². The molecule has 3 N–H and O–H groups in total. The molecule has 0 saturated heterocycles. The van der Waals surface area contributed by atoms with E-state index in [1.165, 1.54) is 11.8 Å². The highest BCUT2D eigenvalue weighted by Crippen LogP contribution is 1.98. The number of amides is 1. The van der Waals surface area contributed by atoms with Gasteiger partial charge in [0.2, 0.25) is 0 Å². The number of carbonyl (C=O) groups is 1. The van der Waals surface area contributed by atoms with Gasteiger partial charge in [-0.1, -0.05) is 30.3 Å². The summed E-state index contributed by atoms with van der Waals surface area (Å²) in [6.07, 6.45) is 1.47. The van der Waals surface area contributed by atoms with Crippen molar-refractivity contribution < 1.29 is 9.21 Å². The summed E-state index contributed by atoms with van der Waals surface area (Å²) in [7, 11) is 1.71. The van der Waals surface area contributed by atoms with Crippen molar-refractivity contribution in [3.8, 4) is 0 Å². The summed E-state index contributed by atoms with van der Waals surface area (Å²) in [5, 5.41) is 9.10. The number of hydrogen-bond acceptors (Lipinski definition) is 3. The molecule has 2 aromatic rings. The van der Waals surface area contributed by atoms with Crippen molar-refractivity contribution in [2.45, 2.75) is 6.54 Å². The molecule has 0 fully saturated rings. The van der Waals surface area contributed by atoms with Crippen LogP contribution in [0.15, 0.2) is 58.1 Å². The lowest BCUT2D eigenvalue weighted by molar-refractivity contribution is 0.0926. The molecule has 0 aliphatic rings. The molecule has 1 amide bonds. The maximum absolute atomic E-state index is 11.7. The fraction of sp³-hybridized carbons (Fsp3) is 0.250. The quantitative estimate of drug-likeness (QED) is 0.428. The third kappa shape index (κ3) is 4.97. The summed E-state index contributed by atoms with van der Waals surface area (Å²) in [5.74, 6) is 0.779. The molecule has 0 aliphatic heterocycles. The van der Waals surface area contributed by atoms with Crippen LogP contribution in [0, 0.1) is 0 Å². The number of nitrogens with zero attached hydrogens (tertiary/aromatic N) is 1. The van der Waals surface area contributed by atoms with E-state index in [-0.39, 0.29) is 5.91 Å². The second kappa shape index (κ2) is 8.51.